The summed E-state index contributed by atoms with van der Waals surface area (Å²) >= 11 is 0. The topological polar surface area (TPSA) is 105 Å². The second kappa shape index (κ2) is 4.50. The number of ether oxygens (including phenoxy) is 2. The van der Waals surface area contributed by atoms with Gasteiger partial charge < -0.3 is 20.9 Å². The SMILES string of the molecule is NC(=O)OC1=CCC(OC(N)=O)CC1. The minimum absolute atomic E-state index is 0.229. The van der Waals surface area contributed by atoms with Crippen LogP contribution in [-0.4, -0.2) is 18.3 Å². The fraction of sp³-hybridized carbons (Fsp3) is 0.500. The van der Waals surface area contributed by atoms with Crippen LogP contribution in [0.1, 0.15) is 19.3 Å². The molecule has 0 aromatic rings. The minimum atomic E-state index is -0.828. The molecule has 0 heterocycles. The fourth-order valence-corrected chi connectivity index (χ4v) is 1.28. The number of amides is 2. The third kappa shape index (κ3) is 3.34. The minimum Gasteiger partial charge on any atom is -0.446 e. The molecule has 0 bridgehead atoms. The number of allylic oxidation sites excluding steroid dienone is 1. The molecule has 0 radical (unpaired) electrons. The molecule has 6 nitrogen and oxygen atoms in total. The number of rotatable bonds is 2. The molecule has 78 valence electrons. The van der Waals surface area contributed by atoms with E-state index in [1.165, 1.54) is 0 Å². The highest BCUT2D eigenvalue weighted by Gasteiger charge is 2.18. The summed E-state index contributed by atoms with van der Waals surface area (Å²) in [5, 5.41) is 0. The van der Waals surface area contributed by atoms with E-state index in [4.69, 9.17) is 16.2 Å². The molecule has 1 aliphatic carbocycles. The second-order valence-electron chi connectivity index (χ2n) is 2.92. The monoisotopic (exact) mass is 200 g/mol. The molecule has 0 aromatic carbocycles. The van der Waals surface area contributed by atoms with E-state index in [1.807, 2.05) is 0 Å². The standard InChI is InChI=1S/C8H12N2O4/c9-7(11)13-5-1-2-6(4-3-5)14-8(10)12/h1,6H,2-4H2,(H2,9,11)(H2,10,12). The van der Waals surface area contributed by atoms with Gasteiger partial charge in [0.2, 0.25) is 0 Å². The predicted octanol–water partition coefficient (Wildman–Crippen LogP) is 0.613. The highest BCUT2D eigenvalue weighted by Crippen LogP contribution is 2.21. The van der Waals surface area contributed by atoms with Crippen molar-refractivity contribution in [2.75, 3.05) is 0 Å². The van der Waals surface area contributed by atoms with Crippen LogP contribution in [0.25, 0.3) is 0 Å². The smallest absolute Gasteiger partial charge is 0.409 e. The average Bonchev–Trinajstić information content (AvgIpc) is 2.06. The Balaban J connectivity index is 2.39. The van der Waals surface area contributed by atoms with Crippen molar-refractivity contribution in [3.63, 3.8) is 0 Å². The molecule has 14 heavy (non-hydrogen) atoms. The van der Waals surface area contributed by atoms with Gasteiger partial charge in [-0.25, -0.2) is 9.59 Å². The van der Waals surface area contributed by atoms with Crippen LogP contribution in [0.5, 0.6) is 0 Å². The summed E-state index contributed by atoms with van der Waals surface area (Å²) < 4.78 is 9.44. The molecular formula is C8H12N2O4. The van der Waals surface area contributed by atoms with E-state index in [0.717, 1.165) is 0 Å². The molecule has 0 spiro atoms. The van der Waals surface area contributed by atoms with Crippen LogP contribution in [0.3, 0.4) is 0 Å². The Hall–Kier alpha value is -1.72. The molecule has 0 fully saturated rings. The first-order valence-corrected chi connectivity index (χ1v) is 4.20. The Morgan fingerprint density at radius 1 is 1.36 bits per heavy atom. The summed E-state index contributed by atoms with van der Waals surface area (Å²) in [4.78, 5) is 20.8. The normalized spacial score (nSPS) is 20.9. The Bertz CT molecular complexity index is 275. The van der Waals surface area contributed by atoms with Crippen LogP contribution < -0.4 is 11.5 Å². The van der Waals surface area contributed by atoms with Gasteiger partial charge in [0.1, 0.15) is 11.9 Å². The first-order chi connectivity index (χ1) is 6.58. The van der Waals surface area contributed by atoms with Crippen molar-refractivity contribution in [3.8, 4) is 0 Å². The van der Waals surface area contributed by atoms with Gasteiger partial charge in [-0.3, -0.25) is 0 Å². The van der Waals surface area contributed by atoms with Crippen molar-refractivity contribution >= 4 is 12.2 Å². The van der Waals surface area contributed by atoms with Gasteiger partial charge in [0.15, 0.2) is 0 Å². The van der Waals surface area contributed by atoms with Crippen LogP contribution in [0, 0.1) is 0 Å². The van der Waals surface area contributed by atoms with Crippen molar-refractivity contribution in [2.45, 2.75) is 25.4 Å². The molecule has 0 aromatic heterocycles. The van der Waals surface area contributed by atoms with Crippen molar-refractivity contribution in [1.29, 1.82) is 0 Å². The summed E-state index contributed by atoms with van der Waals surface area (Å²) in [6, 6.07) is 0. The average molecular weight is 200 g/mol. The molecule has 1 atom stereocenters. The van der Waals surface area contributed by atoms with Crippen LogP contribution >= 0.6 is 0 Å². The third-order valence-corrected chi connectivity index (χ3v) is 1.84. The molecule has 0 saturated carbocycles. The van der Waals surface area contributed by atoms with Crippen LogP contribution in [0.4, 0.5) is 9.59 Å². The van der Waals surface area contributed by atoms with E-state index in [9.17, 15) is 9.59 Å². The maximum Gasteiger partial charge on any atom is 0.409 e. The predicted molar refractivity (Wildman–Crippen MR) is 47.1 cm³/mol. The molecule has 0 aliphatic heterocycles. The van der Waals surface area contributed by atoms with Gasteiger partial charge in [0.25, 0.3) is 0 Å². The lowest BCUT2D eigenvalue weighted by Crippen LogP contribution is -2.25. The number of carbonyl (C=O) groups is 2. The van der Waals surface area contributed by atoms with E-state index in [0.29, 0.717) is 25.0 Å². The molecule has 1 rings (SSSR count). The maximum atomic E-state index is 10.4. The highest BCUT2D eigenvalue weighted by atomic mass is 16.6. The first-order valence-electron chi connectivity index (χ1n) is 4.20. The van der Waals surface area contributed by atoms with E-state index >= 15 is 0 Å². The van der Waals surface area contributed by atoms with Crippen molar-refractivity contribution < 1.29 is 19.1 Å². The van der Waals surface area contributed by atoms with E-state index in [2.05, 4.69) is 4.74 Å². The number of carbonyl (C=O) groups excluding carboxylic acids is 2. The van der Waals surface area contributed by atoms with Gasteiger partial charge in [-0.15, -0.1) is 0 Å². The summed E-state index contributed by atoms with van der Waals surface area (Å²) in [6.45, 7) is 0. The van der Waals surface area contributed by atoms with Crippen molar-refractivity contribution in [2.24, 2.45) is 11.5 Å². The quantitative estimate of drug-likeness (QED) is 0.681. The van der Waals surface area contributed by atoms with E-state index < -0.39 is 12.2 Å². The molecule has 2 amide bonds. The lowest BCUT2D eigenvalue weighted by atomic mass is 10.0. The molecule has 1 unspecified atom stereocenters. The zero-order valence-electron chi connectivity index (χ0n) is 7.56. The summed E-state index contributed by atoms with van der Waals surface area (Å²) in [5.41, 5.74) is 9.68. The van der Waals surface area contributed by atoms with E-state index in [1.54, 1.807) is 6.08 Å². The summed E-state index contributed by atoms with van der Waals surface area (Å²) in [6.07, 6.45) is 1.41. The second-order valence-corrected chi connectivity index (χ2v) is 2.92. The Morgan fingerprint density at radius 2 is 2.07 bits per heavy atom. The molecule has 1 aliphatic rings. The Labute approximate surface area is 80.8 Å². The third-order valence-electron chi connectivity index (χ3n) is 1.84. The van der Waals surface area contributed by atoms with Crippen LogP contribution in [0.15, 0.2) is 11.8 Å². The van der Waals surface area contributed by atoms with Gasteiger partial charge in [-0.05, 0) is 12.5 Å². The molecule has 6 heteroatoms. The van der Waals surface area contributed by atoms with Crippen LogP contribution in [0.2, 0.25) is 0 Å². The number of nitrogens with two attached hydrogens (primary N) is 2. The molecule has 0 saturated heterocycles. The summed E-state index contributed by atoms with van der Waals surface area (Å²) in [5.74, 6) is 0.516. The Kier molecular flexibility index (Phi) is 3.33. The van der Waals surface area contributed by atoms with Gasteiger partial charge in [0.05, 0.1) is 0 Å². The van der Waals surface area contributed by atoms with Gasteiger partial charge in [-0.1, -0.05) is 0 Å². The van der Waals surface area contributed by atoms with Crippen molar-refractivity contribution in [3.05, 3.63) is 11.8 Å². The lowest BCUT2D eigenvalue weighted by molar-refractivity contribution is 0.0936. The van der Waals surface area contributed by atoms with E-state index in [-0.39, 0.29) is 6.10 Å². The number of primary amides is 2. The zero-order chi connectivity index (χ0) is 10.6. The van der Waals surface area contributed by atoms with Gasteiger partial charge >= 0.3 is 12.2 Å². The van der Waals surface area contributed by atoms with Gasteiger partial charge in [0, 0.05) is 12.8 Å². The van der Waals surface area contributed by atoms with Gasteiger partial charge in [-0.2, -0.15) is 0 Å². The zero-order valence-corrected chi connectivity index (χ0v) is 7.56. The van der Waals surface area contributed by atoms with Crippen LogP contribution in [-0.2, 0) is 9.47 Å². The largest absolute Gasteiger partial charge is 0.446 e. The maximum absolute atomic E-state index is 10.4. The molecule has 4 N–H and O–H groups in total. The fourth-order valence-electron chi connectivity index (χ4n) is 1.28. The first kappa shape index (κ1) is 10.4. The molecular weight excluding hydrogens is 188 g/mol. The lowest BCUT2D eigenvalue weighted by Gasteiger charge is -2.20. The number of hydrogen-bond acceptors (Lipinski definition) is 4. The highest BCUT2D eigenvalue weighted by molar-refractivity contribution is 5.66. The number of hydrogen-bond donors (Lipinski definition) is 2. The Morgan fingerprint density at radius 3 is 2.50 bits per heavy atom. The van der Waals surface area contributed by atoms with Crippen molar-refractivity contribution in [1.82, 2.24) is 0 Å². The summed E-state index contributed by atoms with van der Waals surface area (Å²) in [7, 11) is 0.